The number of piperidine rings is 1. The minimum Gasteiger partial charge on any atom is -0.480 e. The van der Waals surface area contributed by atoms with Crippen LogP contribution in [0.5, 0.6) is 0 Å². The number of amides is 2. The molecule has 32 heavy (non-hydrogen) atoms. The van der Waals surface area contributed by atoms with Crippen molar-refractivity contribution in [2.45, 2.75) is 12.8 Å². The zero-order valence-corrected chi connectivity index (χ0v) is 18.4. The number of anilines is 1. The molecule has 166 valence electrons. The fraction of sp³-hybridized carbons (Fsp3) is 0.300. The molecule has 12 heteroatoms. The van der Waals surface area contributed by atoms with Gasteiger partial charge in [-0.2, -0.15) is 0 Å². The molecule has 0 atom stereocenters. The van der Waals surface area contributed by atoms with E-state index in [4.69, 9.17) is 23.1 Å². The van der Waals surface area contributed by atoms with Gasteiger partial charge in [-0.1, -0.05) is 30.0 Å². The van der Waals surface area contributed by atoms with Gasteiger partial charge in [0.25, 0.3) is 11.5 Å². The number of thiocarbonyl (C=S) groups is 1. The summed E-state index contributed by atoms with van der Waals surface area (Å²) in [4.78, 5) is 56.3. The van der Waals surface area contributed by atoms with Gasteiger partial charge in [0, 0.05) is 25.2 Å². The number of primary amides is 1. The van der Waals surface area contributed by atoms with Crippen LogP contribution in [-0.2, 0) is 14.4 Å². The van der Waals surface area contributed by atoms with Crippen molar-refractivity contribution >= 4 is 63.6 Å². The molecule has 10 nitrogen and oxygen atoms in total. The summed E-state index contributed by atoms with van der Waals surface area (Å²) in [6.45, 7) is 0.401. The van der Waals surface area contributed by atoms with Crippen LogP contribution >= 0.6 is 24.0 Å². The van der Waals surface area contributed by atoms with Crippen molar-refractivity contribution < 1.29 is 19.5 Å². The van der Waals surface area contributed by atoms with E-state index in [-0.39, 0.29) is 32.2 Å². The molecule has 2 amide bonds. The maximum absolute atomic E-state index is 13.3. The lowest BCUT2D eigenvalue weighted by Crippen LogP contribution is -2.40. The number of carbonyl (C=O) groups is 3. The molecular weight excluding hydrogens is 454 g/mol. The number of hydrogen-bond acceptors (Lipinski definition) is 8. The predicted molar refractivity (Wildman–Crippen MR) is 123 cm³/mol. The lowest BCUT2D eigenvalue weighted by Gasteiger charge is -2.32. The first kappa shape index (κ1) is 22.0. The Hall–Kier alpha value is -3.25. The molecule has 2 aromatic rings. The van der Waals surface area contributed by atoms with Crippen molar-refractivity contribution in [1.29, 1.82) is 0 Å². The highest BCUT2D eigenvalue weighted by Crippen LogP contribution is 2.34. The number of hydrogen-bond donors (Lipinski definition) is 2. The lowest BCUT2D eigenvalue weighted by molar-refractivity contribution is -0.140. The van der Waals surface area contributed by atoms with E-state index in [1.54, 1.807) is 24.4 Å². The average Bonchev–Trinajstić information content (AvgIpc) is 3.02. The highest BCUT2D eigenvalue weighted by molar-refractivity contribution is 8.26. The first-order valence-corrected chi connectivity index (χ1v) is 11.0. The smallest absolute Gasteiger partial charge is 0.323 e. The number of rotatable bonds is 5. The molecule has 2 aliphatic rings. The summed E-state index contributed by atoms with van der Waals surface area (Å²) in [7, 11) is 0. The summed E-state index contributed by atoms with van der Waals surface area (Å²) in [5, 5.41) is 9.04. The number of nitrogens with two attached hydrogens (primary N) is 1. The standard InChI is InChI=1S/C20H19N5O5S2/c21-16(28)11-4-7-23(8-5-11)17-12(18(29)24-6-2-1-3-14(24)22-17)9-13-19(30)25(10-15(26)27)20(31)32-13/h1-3,6,9,11H,4-5,7-8,10H2,(H2,21,28)(H,26,27)/b13-9+. The highest BCUT2D eigenvalue weighted by atomic mass is 32.2. The fourth-order valence-electron chi connectivity index (χ4n) is 3.74. The third-order valence-corrected chi connectivity index (χ3v) is 6.77. The Bertz CT molecular complexity index is 1230. The predicted octanol–water partition coefficient (Wildman–Crippen LogP) is 0.682. The number of nitrogens with zero attached hydrogens (tertiary/aromatic N) is 4. The van der Waals surface area contributed by atoms with E-state index in [0.29, 0.717) is 37.4 Å². The number of carboxylic acid groups (broad SMARTS) is 1. The third kappa shape index (κ3) is 4.10. The van der Waals surface area contributed by atoms with E-state index < -0.39 is 18.4 Å². The largest absolute Gasteiger partial charge is 0.480 e. The highest BCUT2D eigenvalue weighted by Gasteiger charge is 2.34. The summed E-state index contributed by atoms with van der Waals surface area (Å²) < 4.78 is 1.49. The zero-order valence-electron chi connectivity index (χ0n) is 16.8. The molecule has 2 saturated heterocycles. The zero-order chi connectivity index (χ0) is 23.0. The number of carbonyl (C=O) groups excluding carboxylic acids is 2. The Labute approximate surface area is 191 Å². The molecule has 0 bridgehead atoms. The molecule has 2 fully saturated rings. The molecule has 0 aliphatic carbocycles. The summed E-state index contributed by atoms with van der Waals surface area (Å²) in [6, 6.07) is 5.17. The van der Waals surface area contributed by atoms with Crippen molar-refractivity contribution in [2.24, 2.45) is 11.7 Å². The average molecular weight is 474 g/mol. The molecule has 0 saturated carbocycles. The summed E-state index contributed by atoms with van der Waals surface area (Å²) >= 11 is 6.09. The van der Waals surface area contributed by atoms with Gasteiger partial charge in [0.15, 0.2) is 0 Å². The molecule has 4 heterocycles. The number of fused-ring (bicyclic) bond motifs is 1. The van der Waals surface area contributed by atoms with Crippen molar-refractivity contribution in [3.8, 4) is 0 Å². The Morgan fingerprint density at radius 1 is 1.28 bits per heavy atom. The molecule has 0 spiro atoms. The van der Waals surface area contributed by atoms with E-state index in [1.165, 1.54) is 10.5 Å². The van der Waals surface area contributed by atoms with Crippen LogP contribution in [0.3, 0.4) is 0 Å². The number of thioether (sulfide) groups is 1. The van der Waals surface area contributed by atoms with Gasteiger partial charge < -0.3 is 15.7 Å². The van der Waals surface area contributed by atoms with Crippen molar-refractivity contribution in [3.05, 3.63) is 45.2 Å². The quantitative estimate of drug-likeness (QED) is 0.474. The van der Waals surface area contributed by atoms with Gasteiger partial charge in [-0.3, -0.25) is 28.5 Å². The number of pyridine rings is 1. The first-order valence-electron chi connectivity index (χ1n) is 9.79. The topological polar surface area (TPSA) is 138 Å². The maximum atomic E-state index is 13.3. The van der Waals surface area contributed by atoms with Crippen molar-refractivity contribution in [1.82, 2.24) is 14.3 Å². The fourth-order valence-corrected chi connectivity index (χ4v) is 4.97. The van der Waals surface area contributed by atoms with E-state index in [0.717, 1.165) is 16.7 Å². The Balaban J connectivity index is 1.78. The summed E-state index contributed by atoms with van der Waals surface area (Å²) in [5.74, 6) is -1.94. The number of aliphatic carboxylic acids is 1. The van der Waals surface area contributed by atoms with Gasteiger partial charge in [-0.05, 0) is 31.1 Å². The molecule has 3 N–H and O–H groups in total. The third-order valence-electron chi connectivity index (χ3n) is 5.39. The van der Waals surface area contributed by atoms with Gasteiger partial charge in [-0.25, -0.2) is 4.98 Å². The Kier molecular flexibility index (Phi) is 5.98. The van der Waals surface area contributed by atoms with Crippen LogP contribution in [-0.4, -0.2) is 61.1 Å². The summed E-state index contributed by atoms with van der Waals surface area (Å²) in [5.41, 5.74) is 5.70. The Morgan fingerprint density at radius 3 is 2.66 bits per heavy atom. The van der Waals surface area contributed by atoms with Crippen molar-refractivity contribution in [3.63, 3.8) is 0 Å². The van der Waals surface area contributed by atoms with Gasteiger partial charge in [0.1, 0.15) is 22.3 Å². The van der Waals surface area contributed by atoms with Crippen LogP contribution in [0.15, 0.2) is 34.1 Å². The molecule has 0 unspecified atom stereocenters. The normalized spacial score (nSPS) is 18.7. The Morgan fingerprint density at radius 2 is 2.00 bits per heavy atom. The number of carboxylic acids is 1. The SMILES string of the molecule is NC(=O)C1CCN(c2nc3ccccn3c(=O)c2/C=C2/SC(=S)N(CC(=O)O)C2=O)CC1. The summed E-state index contributed by atoms with van der Waals surface area (Å²) in [6.07, 6.45) is 4.07. The van der Waals surface area contributed by atoms with Crippen LogP contribution in [0.1, 0.15) is 18.4 Å². The molecule has 4 rings (SSSR count). The van der Waals surface area contributed by atoms with Crippen LogP contribution in [0.4, 0.5) is 5.82 Å². The van der Waals surface area contributed by atoms with Gasteiger partial charge in [0.2, 0.25) is 5.91 Å². The lowest BCUT2D eigenvalue weighted by atomic mass is 9.96. The van der Waals surface area contributed by atoms with Crippen LogP contribution in [0.25, 0.3) is 11.7 Å². The van der Waals surface area contributed by atoms with E-state index in [1.807, 2.05) is 4.90 Å². The van der Waals surface area contributed by atoms with E-state index in [9.17, 15) is 19.2 Å². The van der Waals surface area contributed by atoms with Crippen LogP contribution in [0.2, 0.25) is 0 Å². The van der Waals surface area contributed by atoms with Crippen molar-refractivity contribution in [2.75, 3.05) is 24.5 Å². The molecule has 2 aromatic heterocycles. The van der Waals surface area contributed by atoms with Gasteiger partial charge in [0.05, 0.1) is 10.5 Å². The minimum absolute atomic E-state index is 0.112. The molecule has 2 aliphatic heterocycles. The van der Waals surface area contributed by atoms with Crippen LogP contribution < -0.4 is 16.2 Å². The second-order valence-corrected chi connectivity index (χ2v) is 9.08. The van der Waals surface area contributed by atoms with Gasteiger partial charge >= 0.3 is 5.97 Å². The molecule has 0 radical (unpaired) electrons. The van der Waals surface area contributed by atoms with E-state index in [2.05, 4.69) is 4.98 Å². The van der Waals surface area contributed by atoms with Crippen LogP contribution in [0, 0.1) is 5.92 Å². The molecular formula is C20H19N5O5S2. The second-order valence-electron chi connectivity index (χ2n) is 7.41. The molecule has 0 aromatic carbocycles. The number of aromatic nitrogens is 2. The monoisotopic (exact) mass is 473 g/mol. The first-order chi connectivity index (χ1) is 15.3. The van der Waals surface area contributed by atoms with Gasteiger partial charge in [-0.15, -0.1) is 0 Å². The minimum atomic E-state index is -1.19. The van der Waals surface area contributed by atoms with E-state index >= 15 is 0 Å². The second kappa shape index (κ2) is 8.71. The maximum Gasteiger partial charge on any atom is 0.323 e.